The second kappa shape index (κ2) is 6.98. The van der Waals surface area contributed by atoms with Gasteiger partial charge in [0.15, 0.2) is 0 Å². The Morgan fingerprint density at radius 2 is 1.46 bits per heavy atom. The van der Waals surface area contributed by atoms with Crippen LogP contribution in [0, 0.1) is 0 Å². The average molecular weight is 198 g/mol. The lowest BCUT2D eigenvalue weighted by Gasteiger charge is -2.01. The molecule has 0 fully saturated rings. The molecule has 1 aromatic carbocycles. The van der Waals surface area contributed by atoms with Crippen LogP contribution >= 0.6 is 12.6 Å². The zero-order chi connectivity index (χ0) is 10.3. The summed E-state index contributed by atoms with van der Waals surface area (Å²) in [6.45, 7) is 5.99. The van der Waals surface area contributed by atoms with Gasteiger partial charge in [0.05, 0.1) is 5.44 Å². The highest BCUT2D eigenvalue weighted by molar-refractivity contribution is 7.80. The van der Waals surface area contributed by atoms with Gasteiger partial charge >= 0.3 is 0 Å². The van der Waals surface area contributed by atoms with Gasteiger partial charge in [-0.1, -0.05) is 44.2 Å². The van der Waals surface area contributed by atoms with Crippen LogP contribution in [0.15, 0.2) is 30.3 Å². The lowest BCUT2D eigenvalue weighted by atomic mass is 10.0. The van der Waals surface area contributed by atoms with Crippen LogP contribution in [0.2, 0.25) is 0 Å². The Balaban J connectivity index is 0.000000310. The first kappa shape index (κ1) is 12.5. The fraction of sp³-hybridized carbons (Fsp3) is 0.455. The van der Waals surface area contributed by atoms with Crippen LogP contribution < -0.4 is 0 Å². The summed E-state index contributed by atoms with van der Waals surface area (Å²) in [4.78, 5) is 0. The summed E-state index contributed by atoms with van der Waals surface area (Å²) >= 11 is 3.52. The SMILES string of the molecule is CC(C)c1ccccc1.CC(O)S. The number of rotatable bonds is 1. The van der Waals surface area contributed by atoms with Crippen molar-refractivity contribution in [2.75, 3.05) is 0 Å². The third kappa shape index (κ3) is 7.88. The maximum Gasteiger partial charge on any atom is 0.0936 e. The van der Waals surface area contributed by atoms with E-state index in [4.69, 9.17) is 5.11 Å². The molecule has 0 aliphatic carbocycles. The second-order valence-corrected chi connectivity index (χ2v) is 3.94. The molecule has 0 aliphatic heterocycles. The average Bonchev–Trinajstić information content (AvgIpc) is 2.05. The van der Waals surface area contributed by atoms with E-state index < -0.39 is 5.44 Å². The fourth-order valence-corrected chi connectivity index (χ4v) is 0.838. The first-order chi connectivity index (χ1) is 6.04. The summed E-state index contributed by atoms with van der Waals surface area (Å²) in [6.07, 6.45) is 0. The highest BCUT2D eigenvalue weighted by Gasteiger charge is 1.93. The van der Waals surface area contributed by atoms with Gasteiger partial charge in [-0.3, -0.25) is 0 Å². The van der Waals surface area contributed by atoms with Crippen LogP contribution in [-0.2, 0) is 0 Å². The third-order valence-corrected chi connectivity index (χ3v) is 1.47. The van der Waals surface area contributed by atoms with Crippen LogP contribution in [-0.4, -0.2) is 10.5 Å². The van der Waals surface area contributed by atoms with Gasteiger partial charge in [0.25, 0.3) is 0 Å². The molecule has 1 atom stereocenters. The van der Waals surface area contributed by atoms with Crippen molar-refractivity contribution in [3.8, 4) is 0 Å². The Hall–Kier alpha value is -0.470. The summed E-state index contributed by atoms with van der Waals surface area (Å²) in [5.41, 5.74) is 0.942. The normalized spacial score (nSPS) is 11.8. The molecule has 0 saturated heterocycles. The topological polar surface area (TPSA) is 20.2 Å². The van der Waals surface area contributed by atoms with Crippen molar-refractivity contribution in [1.82, 2.24) is 0 Å². The largest absolute Gasteiger partial charge is 0.383 e. The molecular weight excluding hydrogens is 180 g/mol. The highest BCUT2D eigenvalue weighted by Crippen LogP contribution is 2.11. The van der Waals surface area contributed by atoms with Gasteiger partial charge in [0.2, 0.25) is 0 Å². The van der Waals surface area contributed by atoms with E-state index in [1.807, 2.05) is 6.07 Å². The predicted molar refractivity (Wildman–Crippen MR) is 61.2 cm³/mol. The van der Waals surface area contributed by atoms with Gasteiger partial charge in [0, 0.05) is 0 Å². The number of thiol groups is 1. The Morgan fingerprint density at radius 1 is 1.08 bits per heavy atom. The molecule has 74 valence electrons. The minimum absolute atomic E-state index is 0.472. The zero-order valence-corrected chi connectivity index (χ0v) is 9.33. The molecular formula is C11H18OS. The van der Waals surface area contributed by atoms with E-state index in [0.717, 1.165) is 0 Å². The number of benzene rings is 1. The molecule has 0 amide bonds. The second-order valence-electron chi connectivity index (χ2n) is 3.20. The first-order valence-corrected chi connectivity index (χ1v) is 4.96. The number of hydrogen-bond donors (Lipinski definition) is 2. The number of aliphatic hydroxyl groups is 1. The molecule has 1 aromatic rings. The van der Waals surface area contributed by atoms with Gasteiger partial charge in [0.1, 0.15) is 0 Å². The maximum absolute atomic E-state index is 7.92. The van der Waals surface area contributed by atoms with E-state index >= 15 is 0 Å². The van der Waals surface area contributed by atoms with Crippen LogP contribution in [0.5, 0.6) is 0 Å². The van der Waals surface area contributed by atoms with Crippen molar-refractivity contribution in [3.05, 3.63) is 35.9 Å². The van der Waals surface area contributed by atoms with Gasteiger partial charge in [-0.2, -0.15) is 0 Å². The van der Waals surface area contributed by atoms with E-state index in [0.29, 0.717) is 5.92 Å². The predicted octanol–water partition coefficient (Wildman–Crippen LogP) is 3.06. The Kier molecular flexibility index (Phi) is 6.73. The summed E-state index contributed by atoms with van der Waals surface area (Å²) in [7, 11) is 0. The van der Waals surface area contributed by atoms with Gasteiger partial charge in [-0.15, -0.1) is 12.6 Å². The molecule has 0 spiro atoms. The van der Waals surface area contributed by atoms with Crippen LogP contribution in [0.1, 0.15) is 32.3 Å². The summed E-state index contributed by atoms with van der Waals surface area (Å²) in [5, 5.41) is 7.92. The molecule has 0 bridgehead atoms. The van der Waals surface area contributed by atoms with Gasteiger partial charge < -0.3 is 5.11 Å². The van der Waals surface area contributed by atoms with Crippen LogP contribution in [0.25, 0.3) is 0 Å². The van der Waals surface area contributed by atoms with Crippen LogP contribution in [0.4, 0.5) is 0 Å². The van der Waals surface area contributed by atoms with E-state index in [2.05, 4.69) is 50.7 Å². The Labute approximate surface area is 86.2 Å². The summed E-state index contributed by atoms with van der Waals surface area (Å²) < 4.78 is 0. The Morgan fingerprint density at radius 3 is 1.69 bits per heavy atom. The van der Waals surface area contributed by atoms with Crippen molar-refractivity contribution in [2.24, 2.45) is 0 Å². The molecule has 1 unspecified atom stereocenters. The minimum Gasteiger partial charge on any atom is -0.383 e. The molecule has 0 aliphatic rings. The van der Waals surface area contributed by atoms with Crippen molar-refractivity contribution >= 4 is 12.6 Å². The standard InChI is InChI=1S/C9H12.C2H6OS/c1-8(2)9-6-4-3-5-7-9;1-2(3)4/h3-8H,1-2H3;2-4H,1H3. The van der Waals surface area contributed by atoms with Crippen molar-refractivity contribution in [3.63, 3.8) is 0 Å². The zero-order valence-electron chi connectivity index (χ0n) is 8.44. The molecule has 0 heterocycles. The Bertz CT molecular complexity index is 204. The molecule has 13 heavy (non-hydrogen) atoms. The molecule has 1 nitrogen and oxygen atoms in total. The van der Waals surface area contributed by atoms with Gasteiger partial charge in [-0.25, -0.2) is 0 Å². The van der Waals surface area contributed by atoms with Crippen LogP contribution in [0.3, 0.4) is 0 Å². The molecule has 0 aromatic heterocycles. The maximum atomic E-state index is 7.92. The number of aliphatic hydroxyl groups excluding tert-OH is 1. The van der Waals surface area contributed by atoms with Gasteiger partial charge in [-0.05, 0) is 18.4 Å². The quantitative estimate of drug-likeness (QED) is 0.525. The third-order valence-electron chi connectivity index (χ3n) is 1.47. The molecule has 0 radical (unpaired) electrons. The summed E-state index contributed by atoms with van der Waals surface area (Å²) in [6, 6.07) is 10.5. The van der Waals surface area contributed by atoms with E-state index in [9.17, 15) is 0 Å². The highest BCUT2D eigenvalue weighted by atomic mass is 32.1. The lowest BCUT2D eigenvalue weighted by molar-refractivity contribution is 0.286. The monoisotopic (exact) mass is 198 g/mol. The smallest absolute Gasteiger partial charge is 0.0936 e. The lowest BCUT2D eigenvalue weighted by Crippen LogP contribution is -1.83. The molecule has 1 N–H and O–H groups in total. The number of hydrogen-bond acceptors (Lipinski definition) is 2. The molecule has 0 saturated carbocycles. The first-order valence-electron chi connectivity index (χ1n) is 4.45. The summed E-state index contributed by atoms with van der Waals surface area (Å²) in [5.74, 6) is 0.659. The molecule has 2 heteroatoms. The van der Waals surface area contributed by atoms with Crippen molar-refractivity contribution in [1.29, 1.82) is 0 Å². The van der Waals surface area contributed by atoms with Crippen molar-refractivity contribution < 1.29 is 5.11 Å². The van der Waals surface area contributed by atoms with E-state index in [-0.39, 0.29) is 0 Å². The fourth-order valence-electron chi connectivity index (χ4n) is 0.838. The van der Waals surface area contributed by atoms with E-state index in [1.54, 1.807) is 6.92 Å². The minimum atomic E-state index is -0.472. The molecule has 1 rings (SSSR count). The van der Waals surface area contributed by atoms with Crippen molar-refractivity contribution in [2.45, 2.75) is 32.1 Å². The van der Waals surface area contributed by atoms with E-state index in [1.165, 1.54) is 5.56 Å².